The van der Waals surface area contributed by atoms with Crippen LogP contribution in [0.15, 0.2) is 41.8 Å². The number of esters is 1. The second-order valence-corrected chi connectivity index (χ2v) is 6.61. The zero-order valence-corrected chi connectivity index (χ0v) is 16.2. The van der Waals surface area contributed by atoms with Gasteiger partial charge >= 0.3 is 5.97 Å². The Morgan fingerprint density at radius 3 is 2.75 bits per heavy atom. The molecule has 0 atom stereocenters. The van der Waals surface area contributed by atoms with E-state index in [0.29, 0.717) is 23.8 Å². The number of hydrogen-bond donors (Lipinski definition) is 1. The van der Waals surface area contributed by atoms with Crippen LogP contribution in [0.2, 0.25) is 0 Å². The van der Waals surface area contributed by atoms with Crippen molar-refractivity contribution < 1.29 is 23.4 Å². The summed E-state index contributed by atoms with van der Waals surface area (Å²) >= 11 is 1.42. The third-order valence-corrected chi connectivity index (χ3v) is 4.79. The molecule has 0 fully saturated rings. The molecule has 6 nitrogen and oxygen atoms in total. The highest BCUT2D eigenvalue weighted by atomic mass is 32.1. The predicted molar refractivity (Wildman–Crippen MR) is 105 cm³/mol. The van der Waals surface area contributed by atoms with Crippen molar-refractivity contribution >= 4 is 23.0 Å². The molecular weight excluding hydrogens is 383 g/mol. The van der Waals surface area contributed by atoms with Gasteiger partial charge in [0, 0.05) is 16.6 Å². The Kier molecular flexibility index (Phi) is 6.10. The lowest BCUT2D eigenvalue weighted by molar-refractivity contribution is 0.0469. The van der Waals surface area contributed by atoms with Crippen molar-refractivity contribution in [3.8, 4) is 22.1 Å². The Hall–Kier alpha value is -3.13. The number of nitrogens with zero attached hydrogens (tertiary/aromatic N) is 1. The summed E-state index contributed by atoms with van der Waals surface area (Å²) in [6, 6.07) is 9.10. The lowest BCUT2D eigenvalue weighted by Gasteiger charge is -2.10. The number of carbonyl (C=O) groups excluding carboxylic acids is 1. The number of anilines is 1. The fraction of sp³-hybridized carbons (Fsp3) is 0.200. The average Bonchev–Trinajstić information content (AvgIpc) is 3.15. The largest absolute Gasteiger partial charge is 0.493 e. The van der Waals surface area contributed by atoms with Gasteiger partial charge in [0.15, 0.2) is 11.5 Å². The fourth-order valence-electron chi connectivity index (χ4n) is 2.52. The van der Waals surface area contributed by atoms with E-state index in [9.17, 15) is 9.18 Å². The van der Waals surface area contributed by atoms with E-state index in [4.69, 9.17) is 19.9 Å². The SMILES string of the molecule is CCOc1ccc(-c2nc(COC(=O)c3ccc(F)cc3N)cs2)cc1OC. The van der Waals surface area contributed by atoms with Gasteiger partial charge in [0.25, 0.3) is 0 Å². The van der Waals surface area contributed by atoms with Gasteiger partial charge in [-0.25, -0.2) is 14.2 Å². The van der Waals surface area contributed by atoms with Gasteiger partial charge in [-0.3, -0.25) is 0 Å². The number of nitrogen functional groups attached to an aromatic ring is 1. The van der Waals surface area contributed by atoms with Crippen LogP contribution in [0, 0.1) is 5.82 Å². The first-order chi connectivity index (χ1) is 13.5. The minimum Gasteiger partial charge on any atom is -0.493 e. The normalized spacial score (nSPS) is 10.5. The molecule has 2 aromatic carbocycles. The summed E-state index contributed by atoms with van der Waals surface area (Å²) < 4.78 is 29.2. The van der Waals surface area contributed by atoms with E-state index < -0.39 is 11.8 Å². The highest BCUT2D eigenvalue weighted by Crippen LogP contribution is 2.34. The molecule has 0 radical (unpaired) electrons. The summed E-state index contributed by atoms with van der Waals surface area (Å²) in [7, 11) is 1.58. The van der Waals surface area contributed by atoms with Crippen LogP contribution in [-0.4, -0.2) is 24.7 Å². The third-order valence-electron chi connectivity index (χ3n) is 3.85. The number of hydrogen-bond acceptors (Lipinski definition) is 7. The van der Waals surface area contributed by atoms with Crippen molar-refractivity contribution in [1.82, 2.24) is 4.98 Å². The smallest absolute Gasteiger partial charge is 0.340 e. The molecule has 0 aliphatic heterocycles. The second-order valence-electron chi connectivity index (χ2n) is 5.75. The van der Waals surface area contributed by atoms with Gasteiger partial charge in [0.1, 0.15) is 17.4 Å². The molecule has 0 amide bonds. The topological polar surface area (TPSA) is 83.7 Å². The molecule has 3 rings (SSSR count). The van der Waals surface area contributed by atoms with E-state index in [0.717, 1.165) is 22.7 Å². The standard InChI is InChI=1S/C20H19FN2O4S/c1-3-26-17-7-4-12(8-18(17)25-2)19-23-14(11-28-19)10-27-20(24)15-6-5-13(21)9-16(15)22/h4-9,11H,3,10,22H2,1-2H3. The molecule has 1 heterocycles. The lowest BCUT2D eigenvalue weighted by atomic mass is 10.2. The molecule has 0 aliphatic carbocycles. The molecule has 2 N–H and O–H groups in total. The van der Waals surface area contributed by atoms with Gasteiger partial charge in [-0.15, -0.1) is 11.3 Å². The van der Waals surface area contributed by atoms with Crippen LogP contribution >= 0.6 is 11.3 Å². The Labute approximate surface area is 165 Å². The zero-order chi connectivity index (χ0) is 20.1. The monoisotopic (exact) mass is 402 g/mol. The molecule has 0 spiro atoms. The Morgan fingerprint density at radius 1 is 1.21 bits per heavy atom. The number of methoxy groups -OCH3 is 1. The van der Waals surface area contributed by atoms with Gasteiger partial charge in [-0.05, 0) is 43.3 Å². The average molecular weight is 402 g/mol. The Bertz CT molecular complexity index is 990. The molecule has 0 aliphatic rings. The number of benzene rings is 2. The molecule has 0 saturated carbocycles. The molecule has 1 aromatic heterocycles. The molecular formula is C20H19FN2O4S. The molecule has 0 saturated heterocycles. The summed E-state index contributed by atoms with van der Waals surface area (Å²) in [6.07, 6.45) is 0. The number of ether oxygens (including phenoxy) is 3. The fourth-order valence-corrected chi connectivity index (χ4v) is 3.32. The number of nitrogens with two attached hydrogens (primary N) is 1. The zero-order valence-electron chi connectivity index (χ0n) is 15.4. The number of halogens is 1. The van der Waals surface area contributed by atoms with Crippen molar-refractivity contribution in [2.24, 2.45) is 0 Å². The molecule has 146 valence electrons. The third kappa shape index (κ3) is 4.40. The van der Waals surface area contributed by atoms with Crippen LogP contribution in [0.3, 0.4) is 0 Å². The van der Waals surface area contributed by atoms with E-state index in [1.807, 2.05) is 25.1 Å². The summed E-state index contributed by atoms with van der Waals surface area (Å²) in [6.45, 7) is 2.43. The highest BCUT2D eigenvalue weighted by molar-refractivity contribution is 7.13. The first kappa shape index (κ1) is 19.6. The molecule has 0 bridgehead atoms. The maximum atomic E-state index is 13.1. The van der Waals surface area contributed by atoms with Crippen molar-refractivity contribution in [1.29, 1.82) is 0 Å². The van der Waals surface area contributed by atoms with Crippen LogP contribution in [0.1, 0.15) is 23.0 Å². The van der Waals surface area contributed by atoms with Gasteiger partial charge in [0.2, 0.25) is 0 Å². The van der Waals surface area contributed by atoms with Gasteiger partial charge in [0.05, 0.1) is 25.0 Å². The minimum absolute atomic E-state index is 0.0136. The number of carbonyl (C=O) groups is 1. The van der Waals surface area contributed by atoms with Gasteiger partial charge < -0.3 is 19.9 Å². The van der Waals surface area contributed by atoms with Gasteiger partial charge in [-0.1, -0.05) is 0 Å². The van der Waals surface area contributed by atoms with Crippen LogP contribution in [0.4, 0.5) is 10.1 Å². The van der Waals surface area contributed by atoms with E-state index in [-0.39, 0.29) is 17.9 Å². The van der Waals surface area contributed by atoms with Gasteiger partial charge in [-0.2, -0.15) is 0 Å². The number of thiazole rings is 1. The highest BCUT2D eigenvalue weighted by Gasteiger charge is 2.14. The first-order valence-corrected chi connectivity index (χ1v) is 9.37. The lowest BCUT2D eigenvalue weighted by Crippen LogP contribution is -2.08. The van der Waals surface area contributed by atoms with E-state index in [1.54, 1.807) is 12.5 Å². The second kappa shape index (κ2) is 8.71. The minimum atomic E-state index is -0.630. The van der Waals surface area contributed by atoms with Crippen LogP contribution in [0.5, 0.6) is 11.5 Å². The summed E-state index contributed by atoms with van der Waals surface area (Å²) in [5.41, 5.74) is 7.27. The molecule has 28 heavy (non-hydrogen) atoms. The van der Waals surface area contributed by atoms with Crippen LogP contribution in [-0.2, 0) is 11.3 Å². The summed E-state index contributed by atoms with van der Waals surface area (Å²) in [5, 5.41) is 2.56. The van der Waals surface area contributed by atoms with E-state index in [1.165, 1.54) is 17.4 Å². The van der Waals surface area contributed by atoms with E-state index >= 15 is 0 Å². The number of aromatic nitrogens is 1. The van der Waals surface area contributed by atoms with Crippen LogP contribution in [0.25, 0.3) is 10.6 Å². The Balaban J connectivity index is 1.69. The van der Waals surface area contributed by atoms with Crippen molar-refractivity contribution in [3.05, 3.63) is 58.9 Å². The van der Waals surface area contributed by atoms with Crippen molar-refractivity contribution in [2.75, 3.05) is 19.5 Å². The quantitative estimate of drug-likeness (QED) is 0.469. The van der Waals surface area contributed by atoms with Crippen molar-refractivity contribution in [3.63, 3.8) is 0 Å². The van der Waals surface area contributed by atoms with Crippen molar-refractivity contribution in [2.45, 2.75) is 13.5 Å². The maximum absolute atomic E-state index is 13.1. The maximum Gasteiger partial charge on any atom is 0.340 e. The predicted octanol–water partition coefficient (Wildman–Crippen LogP) is 4.30. The number of rotatable bonds is 7. The molecule has 3 aromatic rings. The first-order valence-electron chi connectivity index (χ1n) is 8.49. The van der Waals surface area contributed by atoms with E-state index in [2.05, 4.69) is 4.98 Å². The Morgan fingerprint density at radius 2 is 2.04 bits per heavy atom. The molecule has 8 heteroatoms. The summed E-state index contributed by atoms with van der Waals surface area (Å²) in [4.78, 5) is 16.6. The molecule has 0 unspecified atom stereocenters. The summed E-state index contributed by atoms with van der Waals surface area (Å²) in [5.74, 6) is 0.143. The van der Waals surface area contributed by atoms with Crippen LogP contribution < -0.4 is 15.2 Å².